The molecule has 6 aliphatic rings. The second-order valence-corrected chi connectivity index (χ2v) is 23.4. The molecule has 18 nitrogen and oxygen atoms in total. The van der Waals surface area contributed by atoms with Gasteiger partial charge in [0.2, 0.25) is 0 Å². The molecule has 128 heavy (non-hydrogen) atoms. The second-order valence-electron chi connectivity index (χ2n) is 23.4. The Bertz CT molecular complexity index is 3960. The van der Waals surface area contributed by atoms with Crippen molar-refractivity contribution >= 4 is 105 Å². The number of rotatable bonds is 11. The number of para-hydroxylation sites is 6. The molecule has 0 atom stereocenters. The third kappa shape index (κ3) is 43.7. The number of carbonyl (C=O) groups excluding carboxylic acids is 12. The van der Waals surface area contributed by atoms with Crippen LogP contribution >= 0.6 is 0 Å². The lowest BCUT2D eigenvalue weighted by Crippen LogP contribution is -2.29. The van der Waals surface area contributed by atoms with E-state index < -0.39 is 0 Å². The fourth-order valence-corrected chi connectivity index (χ4v) is 10.3. The molecule has 15 rings (SSSR count). The molecule has 0 saturated heterocycles. The maximum Gasteiger partial charge on any atom is 0.258 e. The monoisotopic (exact) mass is 1750 g/mol. The molecule has 6 aliphatic heterocycles. The van der Waals surface area contributed by atoms with Gasteiger partial charge in [-0.25, -0.2) is 29.4 Å². The molecular formula is C110H148N6O12. The van der Waals surface area contributed by atoms with Crippen LogP contribution in [0, 0.1) is 0 Å². The molecule has 9 aromatic rings. The van der Waals surface area contributed by atoms with Crippen molar-refractivity contribution in [2.45, 2.75) is 221 Å². The van der Waals surface area contributed by atoms with E-state index in [9.17, 15) is 57.5 Å². The minimum atomic E-state index is -0.281. The summed E-state index contributed by atoms with van der Waals surface area (Å²) in [6, 6.07) is 79.6. The van der Waals surface area contributed by atoms with Gasteiger partial charge in [-0.05, 0) is 132 Å². The molecule has 0 radical (unpaired) electrons. The van der Waals surface area contributed by atoms with Crippen LogP contribution in [0.4, 0.5) is 34.1 Å². The summed E-state index contributed by atoms with van der Waals surface area (Å²) < 4.78 is 0. The zero-order chi connectivity index (χ0) is 95.0. The largest absolute Gasteiger partial charge is 0.269 e. The summed E-state index contributed by atoms with van der Waals surface area (Å²) in [6.07, 6.45) is 21.0. The van der Waals surface area contributed by atoms with Crippen LogP contribution in [-0.2, 0) is 83.2 Å². The van der Waals surface area contributed by atoms with Gasteiger partial charge in [-0.1, -0.05) is 377 Å². The summed E-state index contributed by atoms with van der Waals surface area (Å²) in [7, 11) is 0. The molecule has 12 amide bonds. The van der Waals surface area contributed by atoms with Crippen LogP contribution in [0.1, 0.15) is 217 Å². The van der Waals surface area contributed by atoms with Crippen molar-refractivity contribution in [3.63, 3.8) is 0 Å². The Morgan fingerprint density at radius 3 is 0.344 bits per heavy atom. The van der Waals surface area contributed by atoms with Crippen LogP contribution in [0.3, 0.4) is 0 Å². The molecule has 0 N–H and O–H groups in total. The van der Waals surface area contributed by atoms with Crippen molar-refractivity contribution in [3.05, 3.63) is 350 Å². The Morgan fingerprint density at radius 2 is 0.250 bits per heavy atom. The molecule has 0 bridgehead atoms. The number of anilines is 6. The third-order valence-corrected chi connectivity index (χ3v) is 15.8. The molecule has 0 spiro atoms. The van der Waals surface area contributed by atoms with E-state index in [2.05, 4.69) is 114 Å². The van der Waals surface area contributed by atoms with Gasteiger partial charge in [0.05, 0.1) is 34.1 Å². The Balaban J connectivity index is -0.000000322. The zero-order valence-electron chi connectivity index (χ0n) is 78.3. The average molecular weight is 1750 g/mol. The number of carbonyl (C=O) groups is 12. The summed E-state index contributed by atoms with van der Waals surface area (Å²) >= 11 is 0. The van der Waals surface area contributed by atoms with Crippen LogP contribution in [0.2, 0.25) is 0 Å². The summed E-state index contributed by atoms with van der Waals surface area (Å²) in [4.78, 5) is 141. The Hall–Kier alpha value is -13.7. The van der Waals surface area contributed by atoms with Crippen molar-refractivity contribution in [2.75, 3.05) is 29.4 Å². The predicted molar refractivity (Wildman–Crippen MR) is 543 cm³/mol. The molecule has 6 heterocycles. The normalized spacial score (nSPS) is 12.1. The highest BCUT2D eigenvalue weighted by Crippen LogP contribution is 2.25. The van der Waals surface area contributed by atoms with E-state index >= 15 is 0 Å². The van der Waals surface area contributed by atoms with E-state index in [-0.39, 0.29) is 93.2 Å². The fraction of sp³-hybridized carbons (Fsp3) is 0.291. The van der Waals surface area contributed by atoms with Crippen LogP contribution in [0.25, 0.3) is 11.1 Å². The van der Waals surface area contributed by atoms with E-state index in [1.807, 2.05) is 161 Å². The van der Waals surface area contributed by atoms with E-state index in [1.165, 1.54) is 113 Å². The lowest BCUT2D eigenvalue weighted by Gasteiger charge is -2.12. The van der Waals surface area contributed by atoms with Gasteiger partial charge in [0.1, 0.15) is 0 Å². The van der Waals surface area contributed by atoms with Crippen molar-refractivity contribution in [2.24, 2.45) is 0 Å². The molecule has 0 fully saturated rings. The maximum atomic E-state index is 11.2. The zero-order valence-corrected chi connectivity index (χ0v) is 78.3. The lowest BCUT2D eigenvalue weighted by atomic mass is 10.0. The minimum Gasteiger partial charge on any atom is -0.269 e. The molecule has 0 aliphatic carbocycles. The number of hydrogen-bond donors (Lipinski definition) is 0. The molecular weight excluding hydrogens is 1600 g/mol. The molecule has 18 heteroatoms. The Morgan fingerprint density at radius 1 is 0.156 bits per heavy atom. The first-order valence-electron chi connectivity index (χ1n) is 43.8. The summed E-state index contributed by atoms with van der Waals surface area (Å²) in [5, 5.41) is 0. The van der Waals surface area contributed by atoms with Gasteiger partial charge in [-0.15, -0.1) is 0 Å². The van der Waals surface area contributed by atoms with Gasteiger partial charge in [-0.2, -0.15) is 0 Å². The first-order chi connectivity index (χ1) is 60.8. The summed E-state index contributed by atoms with van der Waals surface area (Å²) in [5.41, 5.74) is 11.9. The predicted octanol–water partition coefficient (Wildman–Crippen LogP) is 26.5. The van der Waals surface area contributed by atoms with Crippen molar-refractivity contribution < 1.29 is 57.5 Å². The Labute approximate surface area is 769 Å². The average Bonchev–Trinajstić information content (AvgIpc) is 1.74. The van der Waals surface area contributed by atoms with E-state index in [0.29, 0.717) is 34.1 Å². The summed E-state index contributed by atoms with van der Waals surface area (Å²) in [5.74, 6) is -3.38. The topological polar surface area (TPSA) is 224 Å². The van der Waals surface area contributed by atoms with Crippen LogP contribution in [0.15, 0.2) is 328 Å². The standard InChI is InChI=1S/C16H18.6C10H7NO2.C10H14.C3H8.9C2H6.3CH4/c1-3-13-5-9-15(10-6-13)16-11-7-14(4-2)8-12-16;6*12-9-6-7-10(13)11(9)8-4-2-1-3-5-8;1-3-9-5-7-10(4-2)8-6-9;1-3-2;9*1-2;;;/h5-12H,3-4H2,1-2H3;6*1-7H;5-8H,3-4H2,1-2H3;3H2,1-2H3;9*1-2H3;3*1H4. The van der Waals surface area contributed by atoms with Gasteiger partial charge in [0, 0.05) is 72.9 Å². The quantitative estimate of drug-likeness (QED) is 0.110. The number of nitrogens with zero attached hydrogens (tertiary/aromatic N) is 6. The van der Waals surface area contributed by atoms with Gasteiger partial charge in [-0.3, -0.25) is 57.5 Å². The van der Waals surface area contributed by atoms with Crippen molar-refractivity contribution in [1.82, 2.24) is 0 Å². The van der Waals surface area contributed by atoms with Crippen molar-refractivity contribution in [3.8, 4) is 11.1 Å². The maximum absolute atomic E-state index is 11.2. The minimum absolute atomic E-state index is 0. The highest BCUT2D eigenvalue weighted by atomic mass is 16.2. The molecule has 9 aromatic carbocycles. The number of amides is 12. The summed E-state index contributed by atoms with van der Waals surface area (Å²) in [6.45, 7) is 49.0. The molecule has 0 aromatic heterocycles. The van der Waals surface area contributed by atoms with Crippen LogP contribution < -0.4 is 29.4 Å². The number of imide groups is 6. The first-order valence-corrected chi connectivity index (χ1v) is 43.8. The van der Waals surface area contributed by atoms with Gasteiger partial charge in [0.25, 0.3) is 70.9 Å². The Kier molecular flexibility index (Phi) is 76.2. The first kappa shape index (κ1) is 125. The van der Waals surface area contributed by atoms with Gasteiger partial charge < -0.3 is 0 Å². The highest BCUT2D eigenvalue weighted by molar-refractivity contribution is 6.31. The highest BCUT2D eigenvalue weighted by Gasteiger charge is 2.29. The number of aryl methyl sites for hydroxylation is 4. The smallest absolute Gasteiger partial charge is 0.258 e. The molecule has 0 saturated carbocycles. The SMILES string of the molecule is C.C.C.CC.CC.CC.CC.CC.CC.CC.CC.CC.CCC.CCc1ccc(-c2ccc(CC)cc2)cc1.CCc1ccc(CC)cc1.O=C1C=CC(=O)N1c1ccccc1.O=C1C=CC(=O)N1c1ccccc1.O=C1C=CC(=O)N1c1ccccc1.O=C1C=CC(=O)N1c1ccccc1.O=C1C=CC(=O)N1c1ccccc1.O=C1C=CC(=O)N1c1ccccc1. The van der Waals surface area contributed by atoms with Crippen molar-refractivity contribution in [1.29, 1.82) is 0 Å². The number of hydrogen-bond acceptors (Lipinski definition) is 12. The van der Waals surface area contributed by atoms with E-state index in [4.69, 9.17) is 0 Å². The molecule has 0 unspecified atom stereocenters. The van der Waals surface area contributed by atoms with Crippen LogP contribution in [0.5, 0.6) is 0 Å². The lowest BCUT2D eigenvalue weighted by molar-refractivity contribution is -0.121. The molecule has 690 valence electrons. The van der Waals surface area contributed by atoms with E-state index in [0.717, 1.165) is 55.1 Å². The second kappa shape index (κ2) is 78.0. The van der Waals surface area contributed by atoms with Gasteiger partial charge in [0.15, 0.2) is 0 Å². The fourth-order valence-electron chi connectivity index (χ4n) is 10.3. The van der Waals surface area contributed by atoms with Crippen LogP contribution in [-0.4, -0.2) is 70.9 Å². The number of benzene rings is 9. The third-order valence-electron chi connectivity index (χ3n) is 15.8. The van der Waals surface area contributed by atoms with Gasteiger partial charge >= 0.3 is 0 Å². The van der Waals surface area contributed by atoms with E-state index in [1.54, 1.807) is 146 Å².